The highest BCUT2D eigenvalue weighted by molar-refractivity contribution is 7.92. The van der Waals surface area contributed by atoms with E-state index in [4.69, 9.17) is 4.74 Å². The van der Waals surface area contributed by atoms with Crippen molar-refractivity contribution >= 4 is 27.3 Å². The molecule has 0 radical (unpaired) electrons. The number of carbonyl (C=O) groups excluding carboxylic acids is 1. The maximum absolute atomic E-state index is 13.2. The molecule has 3 aromatic rings. The van der Waals surface area contributed by atoms with Gasteiger partial charge in [-0.2, -0.15) is 0 Å². The van der Waals surface area contributed by atoms with Crippen LogP contribution in [0.2, 0.25) is 0 Å². The summed E-state index contributed by atoms with van der Waals surface area (Å²) in [5, 5.41) is 2.83. The zero-order chi connectivity index (χ0) is 22.7. The first-order valence-corrected chi connectivity index (χ1v) is 12.0. The first kappa shape index (κ1) is 21.9. The molecule has 0 unspecified atom stereocenters. The molecule has 0 fully saturated rings. The molecule has 166 valence electrons. The maximum Gasteiger partial charge on any atom is 0.264 e. The van der Waals surface area contributed by atoms with Crippen molar-refractivity contribution < 1.29 is 17.9 Å². The summed E-state index contributed by atoms with van der Waals surface area (Å²) in [6, 6.07) is 19.6. The summed E-state index contributed by atoms with van der Waals surface area (Å²) in [6.07, 6.45) is 1.66. The van der Waals surface area contributed by atoms with E-state index < -0.39 is 10.0 Å². The van der Waals surface area contributed by atoms with Gasteiger partial charge in [-0.1, -0.05) is 35.9 Å². The monoisotopic (exact) mass is 450 g/mol. The summed E-state index contributed by atoms with van der Waals surface area (Å²) in [7, 11) is -3.67. The highest BCUT2D eigenvalue weighted by atomic mass is 32.2. The Labute approximate surface area is 188 Å². The number of sulfonamides is 1. The van der Waals surface area contributed by atoms with Crippen molar-refractivity contribution in [1.82, 2.24) is 0 Å². The lowest BCUT2D eigenvalue weighted by Crippen LogP contribution is -2.35. The molecule has 3 aromatic carbocycles. The van der Waals surface area contributed by atoms with Crippen LogP contribution < -0.4 is 14.4 Å². The van der Waals surface area contributed by atoms with Gasteiger partial charge in [-0.25, -0.2) is 8.42 Å². The van der Waals surface area contributed by atoms with Crippen LogP contribution in [0, 0.1) is 13.8 Å². The van der Waals surface area contributed by atoms with Crippen molar-refractivity contribution in [2.75, 3.05) is 22.8 Å². The molecule has 1 heterocycles. The van der Waals surface area contributed by atoms with E-state index in [9.17, 15) is 13.2 Å². The Morgan fingerprint density at radius 1 is 1.03 bits per heavy atom. The third-order valence-electron chi connectivity index (χ3n) is 5.51. The molecule has 0 bridgehead atoms. The molecule has 1 N–H and O–H groups in total. The molecule has 7 heteroatoms. The number of carbonyl (C=O) groups is 1. The topological polar surface area (TPSA) is 75.7 Å². The van der Waals surface area contributed by atoms with Gasteiger partial charge in [-0.3, -0.25) is 9.10 Å². The van der Waals surface area contributed by atoms with E-state index in [1.54, 1.807) is 12.1 Å². The Morgan fingerprint density at radius 3 is 2.53 bits per heavy atom. The molecule has 0 spiro atoms. The number of fused-ring (bicyclic) bond motifs is 1. The number of aryl methyl sites for hydroxylation is 3. The van der Waals surface area contributed by atoms with E-state index in [-0.39, 0.29) is 17.4 Å². The van der Waals surface area contributed by atoms with Crippen LogP contribution in [-0.4, -0.2) is 27.5 Å². The molecule has 0 saturated heterocycles. The summed E-state index contributed by atoms with van der Waals surface area (Å²) < 4.78 is 33.4. The fourth-order valence-corrected chi connectivity index (χ4v) is 5.41. The summed E-state index contributed by atoms with van der Waals surface area (Å²) in [5.74, 6) is 0.150. The van der Waals surface area contributed by atoms with E-state index >= 15 is 0 Å². The van der Waals surface area contributed by atoms with Gasteiger partial charge in [0.25, 0.3) is 15.9 Å². The van der Waals surface area contributed by atoms with E-state index in [0.29, 0.717) is 12.3 Å². The minimum absolute atomic E-state index is 0.168. The standard InChI is InChI=1S/C25H26N2O4S/c1-18-9-14-23(19(2)16-18)26-25(28)17-31-21-10-12-22(13-11-21)32(29,30)27-15-5-7-20-6-3-4-8-24(20)27/h3-4,6,8-14,16H,5,7,15,17H2,1-2H3,(H,26,28). The summed E-state index contributed by atoms with van der Waals surface area (Å²) in [5.41, 5.74) is 4.62. The summed E-state index contributed by atoms with van der Waals surface area (Å²) >= 11 is 0. The first-order valence-electron chi connectivity index (χ1n) is 10.6. The number of benzene rings is 3. The van der Waals surface area contributed by atoms with Gasteiger partial charge >= 0.3 is 0 Å². The number of para-hydroxylation sites is 1. The van der Waals surface area contributed by atoms with Gasteiger partial charge in [-0.15, -0.1) is 0 Å². The van der Waals surface area contributed by atoms with Gasteiger partial charge < -0.3 is 10.1 Å². The summed E-state index contributed by atoms with van der Waals surface area (Å²) in [6.45, 7) is 4.22. The number of rotatable bonds is 6. The number of anilines is 2. The fourth-order valence-electron chi connectivity index (χ4n) is 3.87. The first-order chi connectivity index (χ1) is 15.3. The SMILES string of the molecule is Cc1ccc(NC(=O)COc2ccc(S(=O)(=O)N3CCCc4ccccc43)cc2)c(C)c1. The average Bonchev–Trinajstić information content (AvgIpc) is 2.79. The van der Waals surface area contributed by atoms with Crippen LogP contribution in [0.15, 0.2) is 71.6 Å². The lowest BCUT2D eigenvalue weighted by Gasteiger charge is -2.30. The Balaban J connectivity index is 1.41. The van der Waals surface area contributed by atoms with Gasteiger partial charge in [0, 0.05) is 12.2 Å². The number of ether oxygens (including phenoxy) is 1. The van der Waals surface area contributed by atoms with Crippen LogP contribution in [0.3, 0.4) is 0 Å². The lowest BCUT2D eigenvalue weighted by atomic mass is 10.0. The van der Waals surface area contributed by atoms with Crippen molar-refractivity contribution in [2.45, 2.75) is 31.6 Å². The molecule has 0 aliphatic carbocycles. The zero-order valence-electron chi connectivity index (χ0n) is 18.2. The molecule has 32 heavy (non-hydrogen) atoms. The second kappa shape index (κ2) is 9.04. The predicted molar refractivity (Wildman–Crippen MR) is 126 cm³/mol. The second-order valence-electron chi connectivity index (χ2n) is 7.94. The number of hydrogen-bond donors (Lipinski definition) is 1. The summed E-state index contributed by atoms with van der Waals surface area (Å²) in [4.78, 5) is 12.4. The molecule has 1 aliphatic heterocycles. The average molecular weight is 451 g/mol. The molecule has 1 amide bonds. The molecule has 0 atom stereocenters. The van der Waals surface area contributed by atoms with E-state index in [1.165, 1.54) is 16.4 Å². The number of amides is 1. The van der Waals surface area contributed by atoms with Gasteiger partial charge in [0.05, 0.1) is 10.6 Å². The Morgan fingerprint density at radius 2 is 1.78 bits per heavy atom. The fraction of sp³-hybridized carbons (Fsp3) is 0.240. The molecule has 0 saturated carbocycles. The molecule has 1 aliphatic rings. The highest BCUT2D eigenvalue weighted by Gasteiger charge is 2.28. The van der Waals surface area contributed by atoms with Crippen molar-refractivity contribution in [1.29, 1.82) is 0 Å². The quantitative estimate of drug-likeness (QED) is 0.602. The molecule has 0 aromatic heterocycles. The van der Waals surface area contributed by atoms with E-state index in [0.717, 1.165) is 40.9 Å². The van der Waals surface area contributed by atoms with Gasteiger partial charge in [0.1, 0.15) is 5.75 Å². The number of hydrogen-bond acceptors (Lipinski definition) is 4. The second-order valence-corrected chi connectivity index (χ2v) is 9.80. The van der Waals surface area contributed by atoms with Crippen molar-refractivity contribution in [2.24, 2.45) is 0 Å². The molecular weight excluding hydrogens is 424 g/mol. The molecule has 6 nitrogen and oxygen atoms in total. The Hall–Kier alpha value is -3.32. The minimum atomic E-state index is -3.67. The van der Waals surface area contributed by atoms with E-state index in [2.05, 4.69) is 5.32 Å². The Kier molecular flexibility index (Phi) is 6.19. The normalized spacial score (nSPS) is 13.4. The van der Waals surface area contributed by atoms with Crippen molar-refractivity contribution in [3.63, 3.8) is 0 Å². The third-order valence-corrected chi connectivity index (χ3v) is 7.33. The zero-order valence-corrected chi connectivity index (χ0v) is 19.0. The molecule has 4 rings (SSSR count). The minimum Gasteiger partial charge on any atom is -0.484 e. The lowest BCUT2D eigenvalue weighted by molar-refractivity contribution is -0.118. The van der Waals surface area contributed by atoms with Crippen LogP contribution in [0.25, 0.3) is 0 Å². The van der Waals surface area contributed by atoms with Gasteiger partial charge in [0.2, 0.25) is 0 Å². The number of nitrogens with one attached hydrogen (secondary N) is 1. The van der Waals surface area contributed by atoms with Crippen molar-refractivity contribution in [3.8, 4) is 5.75 Å². The van der Waals surface area contributed by atoms with Crippen molar-refractivity contribution in [3.05, 3.63) is 83.4 Å². The predicted octanol–water partition coefficient (Wildman–Crippen LogP) is 4.46. The molecular formula is C25H26N2O4S. The van der Waals surface area contributed by atoms with Gasteiger partial charge in [0.15, 0.2) is 6.61 Å². The van der Waals surface area contributed by atoms with Crippen LogP contribution in [0.1, 0.15) is 23.1 Å². The van der Waals surface area contributed by atoms with Crippen LogP contribution in [0.5, 0.6) is 5.75 Å². The highest BCUT2D eigenvalue weighted by Crippen LogP contribution is 2.32. The van der Waals surface area contributed by atoms with Crippen LogP contribution in [-0.2, 0) is 21.2 Å². The van der Waals surface area contributed by atoms with Crippen LogP contribution in [0.4, 0.5) is 11.4 Å². The van der Waals surface area contributed by atoms with Crippen LogP contribution >= 0.6 is 0 Å². The Bertz CT molecular complexity index is 1240. The van der Waals surface area contributed by atoms with E-state index in [1.807, 2.05) is 56.3 Å². The number of nitrogens with zero attached hydrogens (tertiary/aromatic N) is 1. The largest absolute Gasteiger partial charge is 0.484 e. The third kappa shape index (κ3) is 4.62. The maximum atomic E-state index is 13.2. The van der Waals surface area contributed by atoms with Gasteiger partial charge in [-0.05, 0) is 74.2 Å². The smallest absolute Gasteiger partial charge is 0.264 e.